The summed E-state index contributed by atoms with van der Waals surface area (Å²) in [4.78, 5) is 14.0. The summed E-state index contributed by atoms with van der Waals surface area (Å²) in [6, 6.07) is 3.71. The van der Waals surface area contributed by atoms with E-state index in [2.05, 4.69) is 6.58 Å². The second-order valence-corrected chi connectivity index (χ2v) is 4.16. The first-order valence-corrected chi connectivity index (χ1v) is 5.78. The highest BCUT2D eigenvalue weighted by Crippen LogP contribution is 2.19. The Balaban J connectivity index is 3.11. The third-order valence-corrected chi connectivity index (χ3v) is 2.86. The van der Waals surface area contributed by atoms with Gasteiger partial charge >= 0.3 is 0 Å². The molecule has 0 aliphatic heterocycles. The van der Waals surface area contributed by atoms with Crippen LogP contribution in [0.5, 0.6) is 0 Å². The summed E-state index contributed by atoms with van der Waals surface area (Å²) in [5, 5.41) is 0. The highest BCUT2D eigenvalue weighted by Gasteiger charge is 2.16. The maximum Gasteiger partial charge on any atom is 0.254 e. The van der Waals surface area contributed by atoms with E-state index in [1.54, 1.807) is 17.0 Å². The van der Waals surface area contributed by atoms with E-state index in [0.717, 1.165) is 11.1 Å². The molecule has 3 nitrogen and oxygen atoms in total. The molecule has 92 valence electrons. The van der Waals surface area contributed by atoms with Crippen molar-refractivity contribution in [3.63, 3.8) is 0 Å². The van der Waals surface area contributed by atoms with Gasteiger partial charge in [-0.25, -0.2) is 0 Å². The van der Waals surface area contributed by atoms with Gasteiger partial charge in [-0.05, 0) is 38.0 Å². The number of aryl methyl sites for hydroxylation is 2. The Hall–Kier alpha value is -1.77. The summed E-state index contributed by atoms with van der Waals surface area (Å²) in [7, 11) is 0. The first-order valence-electron chi connectivity index (χ1n) is 5.78. The van der Waals surface area contributed by atoms with E-state index in [0.29, 0.717) is 24.3 Å². The maximum absolute atomic E-state index is 12.3. The van der Waals surface area contributed by atoms with E-state index in [1.165, 1.54) is 0 Å². The number of hydrogen-bond donors (Lipinski definition) is 1. The highest BCUT2D eigenvalue weighted by atomic mass is 16.2. The standard InChI is InChI=1S/C14H20N2O/c1-5-7-16(6-2)14(17)12-9-13(15)11(4)8-10(12)3/h5,8-9H,1,6-7,15H2,2-4H3. The van der Waals surface area contributed by atoms with Crippen LogP contribution in [-0.2, 0) is 0 Å². The number of likely N-dealkylation sites (N-methyl/N-ethyl adjacent to an activating group) is 1. The molecule has 0 heterocycles. The quantitative estimate of drug-likeness (QED) is 0.640. The fourth-order valence-electron chi connectivity index (χ4n) is 1.78. The number of carbonyl (C=O) groups is 1. The van der Waals surface area contributed by atoms with Crippen molar-refractivity contribution < 1.29 is 4.79 Å². The molecule has 0 aliphatic rings. The predicted molar refractivity (Wildman–Crippen MR) is 72.1 cm³/mol. The van der Waals surface area contributed by atoms with Crippen LogP contribution in [0.3, 0.4) is 0 Å². The van der Waals surface area contributed by atoms with Crippen LogP contribution in [0, 0.1) is 13.8 Å². The first kappa shape index (κ1) is 13.3. The molecule has 0 aliphatic carbocycles. The molecular weight excluding hydrogens is 212 g/mol. The number of rotatable bonds is 4. The van der Waals surface area contributed by atoms with Gasteiger partial charge < -0.3 is 10.6 Å². The normalized spacial score (nSPS) is 10.1. The van der Waals surface area contributed by atoms with Crippen molar-refractivity contribution in [3.05, 3.63) is 41.5 Å². The van der Waals surface area contributed by atoms with E-state index >= 15 is 0 Å². The lowest BCUT2D eigenvalue weighted by Crippen LogP contribution is -2.31. The van der Waals surface area contributed by atoms with Crippen LogP contribution in [0.15, 0.2) is 24.8 Å². The van der Waals surface area contributed by atoms with Gasteiger partial charge in [0, 0.05) is 24.3 Å². The van der Waals surface area contributed by atoms with Crippen molar-refractivity contribution in [3.8, 4) is 0 Å². The van der Waals surface area contributed by atoms with Gasteiger partial charge in [0.2, 0.25) is 0 Å². The summed E-state index contributed by atoms with van der Waals surface area (Å²) in [6.45, 7) is 10.7. The predicted octanol–water partition coefficient (Wildman–Crippen LogP) is 2.53. The van der Waals surface area contributed by atoms with Crippen LogP contribution in [-0.4, -0.2) is 23.9 Å². The fourth-order valence-corrected chi connectivity index (χ4v) is 1.78. The topological polar surface area (TPSA) is 46.3 Å². The lowest BCUT2D eigenvalue weighted by molar-refractivity contribution is 0.0781. The molecule has 17 heavy (non-hydrogen) atoms. The molecule has 2 N–H and O–H groups in total. The SMILES string of the molecule is C=CCN(CC)C(=O)c1cc(N)c(C)cc1C. The minimum Gasteiger partial charge on any atom is -0.398 e. The van der Waals surface area contributed by atoms with Gasteiger partial charge in [-0.2, -0.15) is 0 Å². The van der Waals surface area contributed by atoms with Gasteiger partial charge in [0.25, 0.3) is 5.91 Å². The summed E-state index contributed by atoms with van der Waals surface area (Å²) < 4.78 is 0. The average molecular weight is 232 g/mol. The second kappa shape index (κ2) is 5.53. The second-order valence-electron chi connectivity index (χ2n) is 4.16. The van der Waals surface area contributed by atoms with Crippen LogP contribution in [0.25, 0.3) is 0 Å². The van der Waals surface area contributed by atoms with Gasteiger partial charge in [0.15, 0.2) is 0 Å². The van der Waals surface area contributed by atoms with Gasteiger partial charge in [0.1, 0.15) is 0 Å². The van der Waals surface area contributed by atoms with Crippen LogP contribution >= 0.6 is 0 Å². The molecule has 1 amide bonds. The number of nitrogen functional groups attached to an aromatic ring is 1. The Morgan fingerprint density at radius 1 is 1.41 bits per heavy atom. The zero-order valence-electron chi connectivity index (χ0n) is 10.8. The van der Waals surface area contributed by atoms with E-state index in [9.17, 15) is 4.79 Å². The molecule has 1 aromatic rings. The third-order valence-electron chi connectivity index (χ3n) is 2.86. The molecule has 0 radical (unpaired) electrons. The third kappa shape index (κ3) is 2.87. The number of nitrogens with two attached hydrogens (primary N) is 1. The molecule has 0 saturated heterocycles. The minimum absolute atomic E-state index is 0.0107. The van der Waals surface area contributed by atoms with Crippen molar-refractivity contribution in [1.82, 2.24) is 4.90 Å². The van der Waals surface area contributed by atoms with Crippen molar-refractivity contribution in [1.29, 1.82) is 0 Å². The van der Waals surface area contributed by atoms with E-state index < -0.39 is 0 Å². The molecule has 0 fully saturated rings. The molecular formula is C14H20N2O. The Bertz CT molecular complexity index is 438. The molecule has 0 atom stereocenters. The van der Waals surface area contributed by atoms with Crippen LogP contribution in [0.2, 0.25) is 0 Å². The van der Waals surface area contributed by atoms with Crippen molar-refractivity contribution in [2.75, 3.05) is 18.8 Å². The van der Waals surface area contributed by atoms with Gasteiger partial charge in [-0.3, -0.25) is 4.79 Å². The Kier molecular flexibility index (Phi) is 4.32. The number of anilines is 1. The van der Waals surface area contributed by atoms with Gasteiger partial charge in [-0.1, -0.05) is 12.1 Å². The number of nitrogens with zero attached hydrogens (tertiary/aromatic N) is 1. The van der Waals surface area contributed by atoms with E-state index in [4.69, 9.17) is 5.73 Å². The molecule has 3 heteroatoms. The fraction of sp³-hybridized carbons (Fsp3) is 0.357. The molecule has 0 saturated carbocycles. The molecule has 1 aromatic carbocycles. The Morgan fingerprint density at radius 3 is 2.59 bits per heavy atom. The van der Waals surface area contributed by atoms with Crippen LogP contribution in [0.4, 0.5) is 5.69 Å². The van der Waals surface area contributed by atoms with Crippen molar-refractivity contribution in [2.45, 2.75) is 20.8 Å². The van der Waals surface area contributed by atoms with E-state index in [1.807, 2.05) is 26.8 Å². The molecule has 0 bridgehead atoms. The highest BCUT2D eigenvalue weighted by molar-refractivity contribution is 5.96. The largest absolute Gasteiger partial charge is 0.398 e. The summed E-state index contributed by atoms with van der Waals surface area (Å²) in [5.41, 5.74) is 9.16. The summed E-state index contributed by atoms with van der Waals surface area (Å²) >= 11 is 0. The van der Waals surface area contributed by atoms with Gasteiger partial charge in [-0.15, -0.1) is 6.58 Å². The zero-order chi connectivity index (χ0) is 13.0. The Labute approximate surface area is 103 Å². The average Bonchev–Trinajstić information content (AvgIpc) is 2.30. The van der Waals surface area contributed by atoms with Crippen molar-refractivity contribution in [2.24, 2.45) is 0 Å². The van der Waals surface area contributed by atoms with Crippen LogP contribution < -0.4 is 5.73 Å². The van der Waals surface area contributed by atoms with Crippen LogP contribution in [0.1, 0.15) is 28.4 Å². The number of benzene rings is 1. The molecule has 0 unspecified atom stereocenters. The zero-order valence-corrected chi connectivity index (χ0v) is 10.8. The number of amides is 1. The smallest absolute Gasteiger partial charge is 0.254 e. The minimum atomic E-state index is 0.0107. The molecule has 0 aromatic heterocycles. The maximum atomic E-state index is 12.3. The number of carbonyl (C=O) groups excluding carboxylic acids is 1. The van der Waals surface area contributed by atoms with Gasteiger partial charge in [0.05, 0.1) is 0 Å². The first-order chi connectivity index (χ1) is 8.01. The molecule has 1 rings (SSSR count). The monoisotopic (exact) mass is 232 g/mol. The summed E-state index contributed by atoms with van der Waals surface area (Å²) in [5.74, 6) is 0.0107. The molecule has 0 spiro atoms. The number of hydrogen-bond acceptors (Lipinski definition) is 2. The van der Waals surface area contributed by atoms with Crippen molar-refractivity contribution >= 4 is 11.6 Å². The summed E-state index contributed by atoms with van der Waals surface area (Å²) in [6.07, 6.45) is 1.73. The van der Waals surface area contributed by atoms with E-state index in [-0.39, 0.29) is 5.91 Å². The lowest BCUT2D eigenvalue weighted by Gasteiger charge is -2.20. The Morgan fingerprint density at radius 2 is 2.06 bits per heavy atom. The lowest BCUT2D eigenvalue weighted by atomic mass is 10.0.